The Balaban J connectivity index is 1.41. The minimum Gasteiger partial charge on any atom is -0.227 e. The fourth-order valence-corrected chi connectivity index (χ4v) is 4.43. The van der Waals surface area contributed by atoms with E-state index in [9.17, 15) is 4.39 Å². The van der Waals surface area contributed by atoms with Gasteiger partial charge in [0.2, 0.25) is 5.95 Å². The third-order valence-corrected chi connectivity index (χ3v) is 6.27. The van der Waals surface area contributed by atoms with Crippen LogP contribution in [0, 0.1) is 23.7 Å². The van der Waals surface area contributed by atoms with Crippen molar-refractivity contribution in [3.8, 4) is 11.8 Å². The van der Waals surface area contributed by atoms with Crippen LogP contribution in [0.2, 0.25) is 0 Å². The molecule has 1 aliphatic carbocycles. The van der Waals surface area contributed by atoms with Crippen molar-refractivity contribution in [1.29, 1.82) is 0 Å². The summed E-state index contributed by atoms with van der Waals surface area (Å²) in [7, 11) is 0. The van der Waals surface area contributed by atoms with Gasteiger partial charge in [-0.1, -0.05) is 75.8 Å². The highest BCUT2D eigenvalue weighted by Gasteiger charge is 2.21. The zero-order valence-corrected chi connectivity index (χ0v) is 17.8. The Labute approximate surface area is 176 Å². The molecule has 2 heteroatoms. The van der Waals surface area contributed by atoms with E-state index < -0.39 is 5.95 Å². The van der Waals surface area contributed by atoms with Gasteiger partial charge in [0.25, 0.3) is 0 Å². The zero-order chi connectivity index (χ0) is 20.3. The van der Waals surface area contributed by atoms with Gasteiger partial charge < -0.3 is 0 Å². The molecular weight excluding hydrogens is 357 g/mol. The number of halogens is 1. The van der Waals surface area contributed by atoms with Gasteiger partial charge in [0, 0.05) is 17.3 Å². The first-order chi connectivity index (χ1) is 14.2. The van der Waals surface area contributed by atoms with E-state index in [0.717, 1.165) is 17.0 Å². The standard InChI is InChI=1S/C27H34FN/c1-2-3-4-5-6-7-8-22-11-16-25(17-12-22)26-18-13-23(14-19-26)9-10-24-15-20-27(28)29-21-24/h13-15,18-22,25H,2-8,11-12,16-17H2,1H3/t22-,25-. The summed E-state index contributed by atoms with van der Waals surface area (Å²) in [5.74, 6) is 7.38. The lowest BCUT2D eigenvalue weighted by Crippen LogP contribution is -2.13. The maximum Gasteiger partial charge on any atom is 0.212 e. The second-order valence-electron chi connectivity index (χ2n) is 8.52. The van der Waals surface area contributed by atoms with Gasteiger partial charge in [0.1, 0.15) is 0 Å². The minimum atomic E-state index is -0.471. The number of rotatable bonds is 8. The average Bonchev–Trinajstić information content (AvgIpc) is 2.77. The van der Waals surface area contributed by atoms with E-state index in [1.54, 1.807) is 6.07 Å². The van der Waals surface area contributed by atoms with Crippen molar-refractivity contribution in [3.63, 3.8) is 0 Å². The summed E-state index contributed by atoms with van der Waals surface area (Å²) in [6, 6.07) is 11.7. The van der Waals surface area contributed by atoms with Crippen molar-refractivity contribution in [3.05, 3.63) is 65.2 Å². The quantitative estimate of drug-likeness (QED) is 0.256. The molecule has 0 spiro atoms. The number of benzene rings is 1. The Morgan fingerprint density at radius 2 is 1.48 bits per heavy atom. The Morgan fingerprint density at radius 3 is 2.17 bits per heavy atom. The Morgan fingerprint density at radius 1 is 0.828 bits per heavy atom. The van der Waals surface area contributed by atoms with E-state index in [1.165, 1.54) is 88.5 Å². The number of aromatic nitrogens is 1. The van der Waals surface area contributed by atoms with Crippen LogP contribution in [-0.4, -0.2) is 4.98 Å². The first-order valence-corrected chi connectivity index (χ1v) is 11.5. The van der Waals surface area contributed by atoms with E-state index >= 15 is 0 Å². The molecule has 1 aromatic heterocycles. The molecule has 0 radical (unpaired) electrons. The molecule has 1 saturated carbocycles. The highest BCUT2D eigenvalue weighted by molar-refractivity contribution is 5.42. The van der Waals surface area contributed by atoms with Crippen LogP contribution >= 0.6 is 0 Å². The first-order valence-electron chi connectivity index (χ1n) is 11.5. The van der Waals surface area contributed by atoms with Crippen molar-refractivity contribution >= 4 is 0 Å². The van der Waals surface area contributed by atoms with Crippen LogP contribution in [0.1, 0.15) is 100 Å². The average molecular weight is 392 g/mol. The van der Waals surface area contributed by atoms with Crippen LogP contribution in [0.4, 0.5) is 4.39 Å². The third-order valence-electron chi connectivity index (χ3n) is 6.27. The molecule has 1 fully saturated rings. The van der Waals surface area contributed by atoms with Gasteiger partial charge in [-0.25, -0.2) is 4.98 Å². The molecule has 29 heavy (non-hydrogen) atoms. The molecule has 1 aromatic carbocycles. The largest absolute Gasteiger partial charge is 0.227 e. The molecule has 1 nitrogen and oxygen atoms in total. The van der Waals surface area contributed by atoms with E-state index in [4.69, 9.17) is 0 Å². The number of hydrogen-bond donors (Lipinski definition) is 0. The van der Waals surface area contributed by atoms with Crippen molar-refractivity contribution in [1.82, 2.24) is 4.98 Å². The lowest BCUT2D eigenvalue weighted by Gasteiger charge is -2.29. The highest BCUT2D eigenvalue weighted by Crippen LogP contribution is 2.37. The van der Waals surface area contributed by atoms with Crippen molar-refractivity contribution in [2.24, 2.45) is 5.92 Å². The molecule has 0 aliphatic heterocycles. The predicted octanol–water partition coefficient (Wildman–Crippen LogP) is 7.64. The zero-order valence-electron chi connectivity index (χ0n) is 17.8. The summed E-state index contributed by atoms with van der Waals surface area (Å²) in [6.45, 7) is 2.28. The summed E-state index contributed by atoms with van der Waals surface area (Å²) in [5, 5.41) is 0. The topological polar surface area (TPSA) is 12.9 Å². The number of pyridine rings is 1. The van der Waals surface area contributed by atoms with Crippen molar-refractivity contribution < 1.29 is 4.39 Å². The fraction of sp³-hybridized carbons (Fsp3) is 0.519. The number of unbranched alkanes of at least 4 members (excludes halogenated alkanes) is 5. The van der Waals surface area contributed by atoms with Crippen LogP contribution < -0.4 is 0 Å². The van der Waals surface area contributed by atoms with Crippen molar-refractivity contribution in [2.45, 2.75) is 83.5 Å². The Bertz CT molecular complexity index is 774. The molecule has 0 N–H and O–H groups in total. The van der Waals surface area contributed by atoms with Gasteiger partial charge in [-0.3, -0.25) is 0 Å². The second kappa shape index (κ2) is 11.8. The van der Waals surface area contributed by atoms with Gasteiger partial charge >= 0.3 is 0 Å². The maximum atomic E-state index is 12.9. The third kappa shape index (κ3) is 7.32. The lowest BCUT2D eigenvalue weighted by atomic mass is 9.77. The number of hydrogen-bond acceptors (Lipinski definition) is 1. The SMILES string of the molecule is CCCCCCCC[C@H]1CC[C@H](c2ccc(C#Cc3ccc(F)nc3)cc2)CC1. The summed E-state index contributed by atoms with van der Waals surface area (Å²) in [4.78, 5) is 3.64. The van der Waals surface area contributed by atoms with Crippen LogP contribution in [0.3, 0.4) is 0 Å². The molecule has 1 heterocycles. The van der Waals surface area contributed by atoms with Crippen LogP contribution in [0.25, 0.3) is 0 Å². The molecule has 154 valence electrons. The molecular formula is C27H34FN. The van der Waals surface area contributed by atoms with Gasteiger partial charge in [0.05, 0.1) is 0 Å². The van der Waals surface area contributed by atoms with Gasteiger partial charge in [-0.05, 0) is 67.3 Å². The monoisotopic (exact) mass is 391 g/mol. The molecule has 0 bridgehead atoms. The van der Waals surface area contributed by atoms with Gasteiger partial charge in [0.15, 0.2) is 0 Å². The van der Waals surface area contributed by atoms with Crippen LogP contribution in [0.5, 0.6) is 0 Å². The molecule has 0 amide bonds. The summed E-state index contributed by atoms with van der Waals surface area (Å²) in [6.07, 6.45) is 16.8. The lowest BCUT2D eigenvalue weighted by molar-refractivity contribution is 0.302. The minimum absolute atomic E-state index is 0.471. The fourth-order valence-electron chi connectivity index (χ4n) is 4.43. The maximum absolute atomic E-state index is 12.9. The van der Waals surface area contributed by atoms with Crippen molar-refractivity contribution in [2.75, 3.05) is 0 Å². The van der Waals surface area contributed by atoms with E-state index in [2.05, 4.69) is 48.0 Å². The second-order valence-corrected chi connectivity index (χ2v) is 8.52. The molecule has 2 aromatic rings. The Hall–Kier alpha value is -2.14. The van der Waals surface area contributed by atoms with Gasteiger partial charge in [-0.15, -0.1) is 0 Å². The Kier molecular flexibility index (Phi) is 8.75. The first kappa shape index (κ1) is 21.6. The van der Waals surface area contributed by atoms with E-state index in [0.29, 0.717) is 5.92 Å². The molecule has 0 atom stereocenters. The van der Waals surface area contributed by atoms with Crippen LogP contribution in [-0.2, 0) is 0 Å². The number of nitrogens with zero attached hydrogens (tertiary/aromatic N) is 1. The molecule has 1 aliphatic rings. The summed E-state index contributed by atoms with van der Waals surface area (Å²) in [5.41, 5.74) is 3.19. The summed E-state index contributed by atoms with van der Waals surface area (Å²) < 4.78 is 12.9. The summed E-state index contributed by atoms with van der Waals surface area (Å²) >= 11 is 0. The smallest absolute Gasteiger partial charge is 0.212 e. The van der Waals surface area contributed by atoms with Crippen LogP contribution in [0.15, 0.2) is 42.6 Å². The molecule has 0 unspecified atom stereocenters. The highest BCUT2D eigenvalue weighted by atomic mass is 19.1. The predicted molar refractivity (Wildman–Crippen MR) is 119 cm³/mol. The molecule has 3 rings (SSSR count). The van der Waals surface area contributed by atoms with E-state index in [1.807, 2.05) is 0 Å². The van der Waals surface area contributed by atoms with E-state index in [-0.39, 0.29) is 0 Å². The molecule has 0 saturated heterocycles. The van der Waals surface area contributed by atoms with Gasteiger partial charge in [-0.2, -0.15) is 4.39 Å². The normalized spacial score (nSPS) is 18.8.